The highest BCUT2D eigenvalue weighted by molar-refractivity contribution is 5.77. The first-order valence-corrected chi connectivity index (χ1v) is 8.71. The molecular weight excluding hydrogens is 304 g/mol. The molecule has 1 atom stereocenters. The van der Waals surface area contributed by atoms with Crippen LogP contribution in [0.15, 0.2) is 30.3 Å². The van der Waals surface area contributed by atoms with Crippen molar-refractivity contribution in [1.29, 1.82) is 0 Å². The summed E-state index contributed by atoms with van der Waals surface area (Å²) in [6, 6.07) is 10.2. The van der Waals surface area contributed by atoms with Crippen molar-refractivity contribution >= 4 is 11.9 Å². The second kappa shape index (κ2) is 7.34. The third-order valence-corrected chi connectivity index (χ3v) is 5.29. The lowest BCUT2D eigenvalue weighted by Gasteiger charge is -2.48. The molecular formula is C19H26N2O3. The molecule has 0 N–H and O–H groups in total. The van der Waals surface area contributed by atoms with Crippen LogP contribution in [0.2, 0.25) is 0 Å². The van der Waals surface area contributed by atoms with Gasteiger partial charge in [-0.25, -0.2) is 0 Å². The molecule has 130 valence electrons. The number of benzene rings is 1. The summed E-state index contributed by atoms with van der Waals surface area (Å²) in [6.45, 7) is 3.63. The summed E-state index contributed by atoms with van der Waals surface area (Å²) in [7, 11) is 1.43. The summed E-state index contributed by atoms with van der Waals surface area (Å²) in [6.07, 6.45) is 3.74. The minimum absolute atomic E-state index is 0.120. The molecule has 0 aromatic heterocycles. The van der Waals surface area contributed by atoms with Crippen LogP contribution in [0.3, 0.4) is 0 Å². The van der Waals surface area contributed by atoms with Gasteiger partial charge in [-0.1, -0.05) is 30.3 Å². The molecule has 3 rings (SSSR count). The Hall–Kier alpha value is -1.88. The quantitative estimate of drug-likeness (QED) is 0.793. The lowest BCUT2D eigenvalue weighted by molar-refractivity contribution is -0.146. The molecule has 0 aliphatic carbocycles. The van der Waals surface area contributed by atoms with Gasteiger partial charge in [0.2, 0.25) is 5.91 Å². The van der Waals surface area contributed by atoms with Crippen LogP contribution in [0.25, 0.3) is 0 Å². The zero-order valence-electron chi connectivity index (χ0n) is 14.4. The zero-order valence-corrected chi connectivity index (χ0v) is 14.4. The molecule has 1 spiro atoms. The number of rotatable bonds is 4. The Morgan fingerprint density at radius 1 is 1.21 bits per heavy atom. The summed E-state index contributed by atoms with van der Waals surface area (Å²) in [5, 5.41) is 0. The highest BCUT2D eigenvalue weighted by Gasteiger charge is 2.41. The molecule has 2 saturated heterocycles. The molecule has 0 unspecified atom stereocenters. The van der Waals surface area contributed by atoms with Crippen LogP contribution < -0.4 is 0 Å². The van der Waals surface area contributed by atoms with E-state index in [-0.39, 0.29) is 17.3 Å². The van der Waals surface area contributed by atoms with Crippen molar-refractivity contribution in [3.8, 4) is 0 Å². The summed E-state index contributed by atoms with van der Waals surface area (Å²) in [5.74, 6) is 0.0645. The van der Waals surface area contributed by atoms with Crippen LogP contribution in [0, 0.1) is 5.41 Å². The highest BCUT2D eigenvalue weighted by Crippen LogP contribution is 2.39. The van der Waals surface area contributed by atoms with Gasteiger partial charge in [0.25, 0.3) is 0 Å². The van der Waals surface area contributed by atoms with E-state index < -0.39 is 0 Å². The Bertz CT molecular complexity index is 590. The van der Waals surface area contributed by atoms with E-state index in [4.69, 9.17) is 4.74 Å². The Morgan fingerprint density at radius 3 is 2.75 bits per heavy atom. The molecule has 1 aromatic rings. The molecule has 1 amide bonds. The monoisotopic (exact) mass is 330 g/mol. The molecule has 24 heavy (non-hydrogen) atoms. The number of carbonyl (C=O) groups is 2. The van der Waals surface area contributed by atoms with Gasteiger partial charge in [0.15, 0.2) is 0 Å². The van der Waals surface area contributed by atoms with Gasteiger partial charge in [-0.15, -0.1) is 0 Å². The number of methoxy groups -OCH3 is 1. The molecule has 2 fully saturated rings. The van der Waals surface area contributed by atoms with Crippen molar-refractivity contribution in [2.75, 3.05) is 33.3 Å². The molecule has 0 saturated carbocycles. The Kier molecular flexibility index (Phi) is 5.19. The number of piperidine rings is 2. The van der Waals surface area contributed by atoms with E-state index in [1.807, 2.05) is 23.1 Å². The molecule has 0 radical (unpaired) electrons. The van der Waals surface area contributed by atoms with E-state index in [1.54, 1.807) is 0 Å². The maximum Gasteiger partial charge on any atom is 0.319 e. The van der Waals surface area contributed by atoms with Gasteiger partial charge in [-0.3, -0.25) is 14.5 Å². The van der Waals surface area contributed by atoms with E-state index in [9.17, 15) is 9.59 Å². The maximum atomic E-state index is 12.4. The predicted octanol–water partition coefficient (Wildman–Crippen LogP) is 2.06. The van der Waals surface area contributed by atoms with E-state index in [1.165, 1.54) is 12.7 Å². The molecule has 2 heterocycles. The molecule has 0 bridgehead atoms. The first-order chi connectivity index (χ1) is 11.6. The van der Waals surface area contributed by atoms with E-state index >= 15 is 0 Å². The lowest BCUT2D eigenvalue weighted by Crippen LogP contribution is -2.54. The van der Waals surface area contributed by atoms with Crippen molar-refractivity contribution < 1.29 is 14.3 Å². The second-order valence-electron chi connectivity index (χ2n) is 7.13. The third kappa shape index (κ3) is 3.96. The second-order valence-corrected chi connectivity index (χ2v) is 7.13. The average Bonchev–Trinajstić information content (AvgIpc) is 2.59. The number of carbonyl (C=O) groups excluding carboxylic acids is 2. The van der Waals surface area contributed by atoms with Gasteiger partial charge in [0, 0.05) is 31.5 Å². The van der Waals surface area contributed by atoms with Crippen molar-refractivity contribution in [3.05, 3.63) is 35.9 Å². The van der Waals surface area contributed by atoms with Crippen molar-refractivity contribution in [3.63, 3.8) is 0 Å². The Labute approximate surface area is 143 Å². The van der Waals surface area contributed by atoms with Gasteiger partial charge in [0.05, 0.1) is 13.7 Å². The number of hydrogen-bond acceptors (Lipinski definition) is 4. The van der Waals surface area contributed by atoms with Crippen molar-refractivity contribution in [2.24, 2.45) is 5.41 Å². The standard InChI is InChI=1S/C19H26N2O3/c1-24-18(23)13-20-11-5-9-19(14-20)10-8-17(22)21(15-19)12-16-6-3-2-4-7-16/h2-4,6-7H,5,8-15H2,1H3/t19-/m1/s1. The molecule has 1 aromatic carbocycles. The minimum atomic E-state index is -0.180. The molecule has 2 aliphatic rings. The normalized spacial score (nSPS) is 25.0. The van der Waals surface area contributed by atoms with Gasteiger partial charge < -0.3 is 9.64 Å². The van der Waals surface area contributed by atoms with E-state index in [0.717, 1.165) is 38.9 Å². The summed E-state index contributed by atoms with van der Waals surface area (Å²) in [5.41, 5.74) is 1.29. The molecule has 5 heteroatoms. The number of likely N-dealkylation sites (tertiary alicyclic amines) is 2. The number of amides is 1. The lowest BCUT2D eigenvalue weighted by atomic mass is 9.73. The highest BCUT2D eigenvalue weighted by atomic mass is 16.5. The third-order valence-electron chi connectivity index (χ3n) is 5.29. The fourth-order valence-corrected chi connectivity index (χ4v) is 4.08. The largest absolute Gasteiger partial charge is 0.468 e. The number of ether oxygens (including phenoxy) is 1. The minimum Gasteiger partial charge on any atom is -0.468 e. The summed E-state index contributed by atoms with van der Waals surface area (Å²) < 4.78 is 4.80. The number of nitrogens with zero attached hydrogens (tertiary/aromatic N) is 2. The molecule has 5 nitrogen and oxygen atoms in total. The van der Waals surface area contributed by atoms with Gasteiger partial charge in [-0.05, 0) is 31.4 Å². The smallest absolute Gasteiger partial charge is 0.319 e. The Morgan fingerprint density at radius 2 is 2.00 bits per heavy atom. The summed E-state index contributed by atoms with van der Waals surface area (Å²) in [4.78, 5) is 28.1. The summed E-state index contributed by atoms with van der Waals surface area (Å²) >= 11 is 0. The van der Waals surface area contributed by atoms with Gasteiger partial charge >= 0.3 is 5.97 Å². The topological polar surface area (TPSA) is 49.9 Å². The van der Waals surface area contributed by atoms with Crippen LogP contribution >= 0.6 is 0 Å². The van der Waals surface area contributed by atoms with Crippen LogP contribution in [-0.4, -0.2) is 55.0 Å². The van der Waals surface area contributed by atoms with Crippen molar-refractivity contribution in [1.82, 2.24) is 9.80 Å². The van der Waals surface area contributed by atoms with Crippen LogP contribution in [0.5, 0.6) is 0 Å². The number of hydrogen-bond donors (Lipinski definition) is 0. The molecule has 2 aliphatic heterocycles. The zero-order chi connectivity index (χ0) is 17.0. The van der Waals surface area contributed by atoms with Crippen LogP contribution in [-0.2, 0) is 20.9 Å². The van der Waals surface area contributed by atoms with E-state index in [0.29, 0.717) is 19.5 Å². The fraction of sp³-hybridized carbons (Fsp3) is 0.579. The fourth-order valence-electron chi connectivity index (χ4n) is 4.08. The van der Waals surface area contributed by atoms with E-state index in [2.05, 4.69) is 17.0 Å². The SMILES string of the molecule is COC(=O)CN1CCC[C@@]2(CCC(=O)N(Cc3ccccc3)C2)C1. The maximum absolute atomic E-state index is 12.4. The average molecular weight is 330 g/mol. The van der Waals surface area contributed by atoms with Crippen molar-refractivity contribution in [2.45, 2.75) is 32.2 Å². The number of esters is 1. The first-order valence-electron chi connectivity index (χ1n) is 8.71. The van der Waals surface area contributed by atoms with Gasteiger partial charge in [-0.2, -0.15) is 0 Å². The van der Waals surface area contributed by atoms with Gasteiger partial charge in [0.1, 0.15) is 0 Å². The Balaban J connectivity index is 1.67. The first kappa shape index (κ1) is 17.0. The predicted molar refractivity (Wildman–Crippen MR) is 91.2 cm³/mol. The van der Waals surface area contributed by atoms with Crippen LogP contribution in [0.1, 0.15) is 31.2 Å². The van der Waals surface area contributed by atoms with Crippen LogP contribution in [0.4, 0.5) is 0 Å².